The van der Waals surface area contributed by atoms with Crippen LogP contribution in [-0.2, 0) is 0 Å². The van der Waals surface area contributed by atoms with Gasteiger partial charge < -0.3 is 0 Å². The van der Waals surface area contributed by atoms with E-state index in [9.17, 15) is 0 Å². The fraction of sp³-hybridized carbons (Fsp3) is 0.500. The molecule has 0 unspecified atom stereocenters. The molecule has 0 radical (unpaired) electrons. The topological polar surface area (TPSA) is 0 Å². The Morgan fingerprint density at radius 3 is 1.83 bits per heavy atom. The van der Waals surface area contributed by atoms with Gasteiger partial charge in [-0.15, -0.1) is 0 Å². The zero-order valence-corrected chi connectivity index (χ0v) is 20.3. The van der Waals surface area contributed by atoms with Gasteiger partial charge in [0.2, 0.25) is 0 Å². The van der Waals surface area contributed by atoms with Crippen LogP contribution in [0.25, 0.3) is 11.1 Å². The van der Waals surface area contributed by atoms with Crippen LogP contribution in [0, 0.1) is 17.8 Å². The van der Waals surface area contributed by atoms with Gasteiger partial charge in [0.15, 0.2) is 0 Å². The van der Waals surface area contributed by atoms with E-state index in [1.807, 2.05) is 0 Å². The van der Waals surface area contributed by atoms with Crippen molar-refractivity contribution in [3.8, 4) is 11.1 Å². The van der Waals surface area contributed by atoms with E-state index in [4.69, 9.17) is 11.6 Å². The van der Waals surface area contributed by atoms with E-state index in [0.717, 1.165) is 34.6 Å². The fourth-order valence-corrected chi connectivity index (χ4v) is 6.25. The Labute approximate surface area is 196 Å². The van der Waals surface area contributed by atoms with Crippen LogP contribution in [0.2, 0.25) is 0 Å². The number of hydrogen-bond acceptors (Lipinski definition) is 0. The van der Waals surface area contributed by atoms with Crippen molar-refractivity contribution in [3.63, 3.8) is 0 Å². The summed E-state index contributed by atoms with van der Waals surface area (Å²) in [6, 6.07) is 18.0. The van der Waals surface area contributed by atoms with E-state index in [2.05, 4.69) is 70.5 Å². The smallest absolute Gasteiger partial charge is 0.0175 e. The van der Waals surface area contributed by atoms with E-state index < -0.39 is 0 Å². The molecule has 0 nitrogen and oxygen atoms in total. The molecule has 0 heterocycles. The highest BCUT2D eigenvalue weighted by molar-refractivity contribution is 9.10. The van der Waals surface area contributed by atoms with Crippen LogP contribution in [0.4, 0.5) is 0 Å². The van der Waals surface area contributed by atoms with Crippen molar-refractivity contribution in [1.29, 1.82) is 0 Å². The third kappa shape index (κ3) is 5.80. The van der Waals surface area contributed by atoms with Crippen molar-refractivity contribution in [2.24, 2.45) is 17.8 Å². The Morgan fingerprint density at radius 2 is 1.27 bits per heavy atom. The average molecular weight is 486 g/mol. The number of rotatable bonds is 6. The molecule has 2 aromatic carbocycles. The molecule has 2 aromatic rings. The molecule has 2 aliphatic rings. The number of hydrogen-bond donors (Lipinski definition) is 0. The molecule has 2 fully saturated rings. The lowest BCUT2D eigenvalue weighted by molar-refractivity contribution is 0.157. The normalized spacial score (nSPS) is 27.4. The maximum absolute atomic E-state index is 5.66. The molecular formula is C28H34BrCl. The van der Waals surface area contributed by atoms with Crippen molar-refractivity contribution < 1.29 is 0 Å². The molecule has 0 saturated heterocycles. The van der Waals surface area contributed by atoms with Crippen LogP contribution < -0.4 is 0 Å². The molecule has 0 aliphatic heterocycles. The minimum Gasteiger partial charge on any atom is -0.0933 e. The van der Waals surface area contributed by atoms with Crippen LogP contribution in [-0.4, -0.2) is 0 Å². The summed E-state index contributed by atoms with van der Waals surface area (Å²) in [7, 11) is 0. The highest BCUT2D eigenvalue weighted by atomic mass is 79.9. The van der Waals surface area contributed by atoms with Gasteiger partial charge in [0, 0.05) is 10.0 Å². The Morgan fingerprint density at radius 1 is 0.733 bits per heavy atom. The second-order valence-electron chi connectivity index (χ2n) is 9.46. The first-order valence-electron chi connectivity index (χ1n) is 11.8. The number of halogens is 2. The molecule has 2 saturated carbocycles. The van der Waals surface area contributed by atoms with Crippen LogP contribution in [0.1, 0.15) is 75.7 Å². The highest BCUT2D eigenvalue weighted by Crippen LogP contribution is 2.44. The van der Waals surface area contributed by atoms with E-state index in [-0.39, 0.29) is 0 Å². The zero-order valence-electron chi connectivity index (χ0n) is 17.9. The Balaban J connectivity index is 1.25. The molecular weight excluding hydrogens is 452 g/mol. The average Bonchev–Trinajstić information content (AvgIpc) is 2.81. The van der Waals surface area contributed by atoms with Crippen molar-refractivity contribution >= 4 is 27.5 Å². The molecule has 4 rings (SSSR count). The quantitative estimate of drug-likeness (QED) is 0.382. The van der Waals surface area contributed by atoms with E-state index in [1.54, 1.807) is 11.1 Å². The lowest BCUT2D eigenvalue weighted by Gasteiger charge is -2.38. The standard InChI is InChI=1S/C28H34BrCl/c29-28-18-16-27(17-19-28)26-14-12-25(13-15-26)24-10-8-23(9-11-24)22-6-4-21(5-7-22)3-1-2-20-30/h2,12-24H,1,3-11H2/b20-2+. The summed E-state index contributed by atoms with van der Waals surface area (Å²) < 4.78 is 1.14. The maximum atomic E-state index is 5.66. The molecule has 0 spiro atoms. The van der Waals surface area contributed by atoms with Crippen LogP contribution in [0.15, 0.2) is 64.6 Å². The Bertz CT molecular complexity index is 792. The van der Waals surface area contributed by atoms with Crippen molar-refractivity contribution in [2.45, 2.75) is 70.1 Å². The maximum Gasteiger partial charge on any atom is 0.0175 e. The van der Waals surface area contributed by atoms with E-state index in [0.29, 0.717) is 0 Å². The molecule has 0 amide bonds. The predicted molar refractivity (Wildman–Crippen MR) is 134 cm³/mol. The van der Waals surface area contributed by atoms with Gasteiger partial charge in [0.1, 0.15) is 0 Å². The molecule has 0 bridgehead atoms. The molecule has 2 heteroatoms. The van der Waals surface area contributed by atoms with Crippen LogP contribution >= 0.6 is 27.5 Å². The highest BCUT2D eigenvalue weighted by Gasteiger charge is 2.31. The monoisotopic (exact) mass is 484 g/mol. The third-order valence-electron chi connectivity index (χ3n) is 7.72. The summed E-state index contributed by atoms with van der Waals surface area (Å²) in [4.78, 5) is 0. The first kappa shape index (κ1) is 22.2. The van der Waals surface area contributed by atoms with Gasteiger partial charge in [0.25, 0.3) is 0 Å². The molecule has 30 heavy (non-hydrogen) atoms. The van der Waals surface area contributed by atoms with Gasteiger partial charge >= 0.3 is 0 Å². The van der Waals surface area contributed by atoms with Gasteiger partial charge in [0.05, 0.1) is 0 Å². The van der Waals surface area contributed by atoms with Crippen LogP contribution in [0.5, 0.6) is 0 Å². The SMILES string of the molecule is Cl/C=C/CCC1CCC(C2CCC(c3ccc(-c4ccc(Br)cc4)cc3)CC2)CC1. The molecule has 0 aromatic heterocycles. The summed E-state index contributed by atoms with van der Waals surface area (Å²) in [6.45, 7) is 0. The fourth-order valence-electron chi connectivity index (χ4n) is 5.86. The lowest BCUT2D eigenvalue weighted by Crippen LogP contribution is -2.25. The van der Waals surface area contributed by atoms with Crippen LogP contribution in [0.3, 0.4) is 0 Å². The first-order chi connectivity index (χ1) is 14.7. The molecule has 2 aliphatic carbocycles. The molecule has 0 N–H and O–H groups in total. The summed E-state index contributed by atoms with van der Waals surface area (Å²) in [5.74, 6) is 3.67. The van der Waals surface area contributed by atoms with E-state index in [1.165, 1.54) is 68.9 Å². The first-order valence-corrected chi connectivity index (χ1v) is 13.1. The molecule has 0 atom stereocenters. The summed E-state index contributed by atoms with van der Waals surface area (Å²) in [5.41, 5.74) is 5.84. The van der Waals surface area contributed by atoms with E-state index >= 15 is 0 Å². The predicted octanol–water partition coefficient (Wildman–Crippen LogP) is 9.73. The third-order valence-corrected chi connectivity index (χ3v) is 8.43. The summed E-state index contributed by atoms with van der Waals surface area (Å²) >= 11 is 9.18. The zero-order chi connectivity index (χ0) is 20.8. The minimum atomic E-state index is 0.763. The van der Waals surface area contributed by atoms with Gasteiger partial charge in [-0.25, -0.2) is 0 Å². The number of benzene rings is 2. The van der Waals surface area contributed by atoms with Gasteiger partial charge in [-0.1, -0.05) is 82.8 Å². The minimum absolute atomic E-state index is 0.763. The van der Waals surface area contributed by atoms with Crippen molar-refractivity contribution in [1.82, 2.24) is 0 Å². The lowest BCUT2D eigenvalue weighted by atomic mass is 9.68. The van der Waals surface area contributed by atoms with Gasteiger partial charge in [-0.3, -0.25) is 0 Å². The van der Waals surface area contributed by atoms with Gasteiger partial charge in [-0.2, -0.15) is 0 Å². The Hall–Kier alpha value is -1.05. The second kappa shape index (κ2) is 11.0. The summed E-state index contributed by atoms with van der Waals surface area (Å²) in [6.07, 6.45) is 16.0. The second-order valence-corrected chi connectivity index (χ2v) is 10.6. The molecule has 160 valence electrons. The number of allylic oxidation sites excluding steroid dienone is 1. The Kier molecular flexibility index (Phi) is 8.13. The van der Waals surface area contributed by atoms with Crippen molar-refractivity contribution in [2.75, 3.05) is 0 Å². The summed E-state index contributed by atoms with van der Waals surface area (Å²) in [5, 5.41) is 0. The van der Waals surface area contributed by atoms with Gasteiger partial charge in [-0.05, 0) is 104 Å². The van der Waals surface area contributed by atoms with Crippen molar-refractivity contribution in [3.05, 3.63) is 70.2 Å². The largest absolute Gasteiger partial charge is 0.0933 e.